The first-order valence-electron chi connectivity index (χ1n) is 3.82. The molecule has 0 bridgehead atoms. The summed E-state index contributed by atoms with van der Waals surface area (Å²) in [4.78, 5) is 11.2. The monoisotopic (exact) mass is 151 g/mol. The molecule has 0 N–H and O–H groups in total. The van der Waals surface area contributed by atoms with Crippen molar-refractivity contribution >= 4 is 5.78 Å². The normalized spacial score (nSPS) is 10.1. The van der Waals surface area contributed by atoms with Gasteiger partial charge < -0.3 is 4.57 Å². The number of Topliss-reactive ketones (excluding diaryl/α,β-unsaturated/α-hetero) is 1. The summed E-state index contributed by atoms with van der Waals surface area (Å²) in [7, 11) is 1.91. The highest BCUT2D eigenvalue weighted by Gasteiger charge is 2.07. The quantitative estimate of drug-likeness (QED) is 0.592. The number of nitrogens with zero attached hydrogens (tertiary/aromatic N) is 1. The summed E-state index contributed by atoms with van der Waals surface area (Å²) in [6.07, 6.45) is 0.581. The van der Waals surface area contributed by atoms with Gasteiger partial charge in [-0.3, -0.25) is 4.79 Å². The summed E-state index contributed by atoms with van der Waals surface area (Å²) in [5, 5.41) is 0. The number of ketones is 1. The molecule has 0 atom stereocenters. The van der Waals surface area contributed by atoms with Gasteiger partial charge in [-0.15, -0.1) is 0 Å². The molecule has 0 aromatic carbocycles. The highest BCUT2D eigenvalue weighted by Crippen LogP contribution is 2.07. The number of rotatable bonds is 2. The first-order valence-corrected chi connectivity index (χ1v) is 3.82. The standard InChI is InChI=1S/C9H13NO/c1-4-9(11)8-6-5-7(2)10(8)3/h5-6H,4H2,1-3H3. The Morgan fingerprint density at radius 2 is 2.18 bits per heavy atom. The second-order valence-corrected chi connectivity index (χ2v) is 2.70. The maximum atomic E-state index is 11.2. The molecule has 2 nitrogen and oxygen atoms in total. The van der Waals surface area contributed by atoms with Crippen molar-refractivity contribution < 1.29 is 4.79 Å². The Hall–Kier alpha value is -1.05. The maximum absolute atomic E-state index is 11.2. The number of hydrogen-bond donors (Lipinski definition) is 0. The van der Waals surface area contributed by atoms with E-state index in [1.165, 1.54) is 0 Å². The van der Waals surface area contributed by atoms with Gasteiger partial charge in [-0.05, 0) is 19.1 Å². The molecular weight excluding hydrogens is 138 g/mol. The third-order valence-electron chi connectivity index (χ3n) is 1.98. The zero-order chi connectivity index (χ0) is 8.43. The predicted molar refractivity (Wildman–Crippen MR) is 44.8 cm³/mol. The SMILES string of the molecule is CCC(=O)c1ccc(C)n1C. The van der Waals surface area contributed by atoms with Crippen LogP contribution in [0.15, 0.2) is 12.1 Å². The van der Waals surface area contributed by atoms with E-state index >= 15 is 0 Å². The van der Waals surface area contributed by atoms with Crippen LogP contribution >= 0.6 is 0 Å². The van der Waals surface area contributed by atoms with Gasteiger partial charge in [0.25, 0.3) is 0 Å². The molecule has 0 radical (unpaired) electrons. The second kappa shape index (κ2) is 2.91. The molecule has 11 heavy (non-hydrogen) atoms. The Morgan fingerprint density at radius 3 is 2.55 bits per heavy atom. The largest absolute Gasteiger partial charge is 0.346 e. The summed E-state index contributed by atoms with van der Waals surface area (Å²) in [5.74, 6) is 0.209. The molecule has 1 heterocycles. The smallest absolute Gasteiger partial charge is 0.178 e. The lowest BCUT2D eigenvalue weighted by Gasteiger charge is -2.01. The minimum Gasteiger partial charge on any atom is -0.346 e. The molecule has 0 saturated carbocycles. The van der Waals surface area contributed by atoms with Crippen LogP contribution in [-0.4, -0.2) is 10.4 Å². The number of aromatic nitrogens is 1. The molecule has 0 aliphatic rings. The first kappa shape index (κ1) is 8.05. The molecule has 0 aliphatic carbocycles. The van der Waals surface area contributed by atoms with Gasteiger partial charge in [-0.2, -0.15) is 0 Å². The average molecular weight is 151 g/mol. The zero-order valence-corrected chi connectivity index (χ0v) is 7.22. The molecule has 0 unspecified atom stereocenters. The van der Waals surface area contributed by atoms with Crippen molar-refractivity contribution in [3.05, 3.63) is 23.5 Å². The van der Waals surface area contributed by atoms with Gasteiger partial charge in [0.1, 0.15) is 0 Å². The van der Waals surface area contributed by atoms with Crippen LogP contribution in [0.25, 0.3) is 0 Å². The van der Waals surface area contributed by atoms with Crippen molar-refractivity contribution in [2.75, 3.05) is 0 Å². The maximum Gasteiger partial charge on any atom is 0.178 e. The third kappa shape index (κ3) is 1.34. The molecule has 1 rings (SSSR count). The Bertz CT molecular complexity index is 273. The summed E-state index contributed by atoms with van der Waals surface area (Å²) in [6, 6.07) is 3.84. The van der Waals surface area contributed by atoms with Crippen LogP contribution in [-0.2, 0) is 7.05 Å². The highest BCUT2D eigenvalue weighted by atomic mass is 16.1. The van der Waals surface area contributed by atoms with E-state index in [2.05, 4.69) is 0 Å². The number of carbonyl (C=O) groups excluding carboxylic acids is 1. The predicted octanol–water partition coefficient (Wildman–Crippen LogP) is 1.93. The van der Waals surface area contributed by atoms with Crippen LogP contribution in [0, 0.1) is 6.92 Å². The van der Waals surface area contributed by atoms with Crippen LogP contribution in [0.4, 0.5) is 0 Å². The molecule has 60 valence electrons. The van der Waals surface area contributed by atoms with E-state index in [0.29, 0.717) is 6.42 Å². The van der Waals surface area contributed by atoms with Crippen molar-refractivity contribution in [3.63, 3.8) is 0 Å². The van der Waals surface area contributed by atoms with Crippen LogP contribution in [0.2, 0.25) is 0 Å². The van der Waals surface area contributed by atoms with Crippen LogP contribution in [0.3, 0.4) is 0 Å². The molecule has 0 saturated heterocycles. The lowest BCUT2D eigenvalue weighted by Crippen LogP contribution is -2.04. The molecule has 1 aromatic rings. The summed E-state index contributed by atoms with van der Waals surface area (Å²) < 4.78 is 1.92. The van der Waals surface area contributed by atoms with E-state index in [9.17, 15) is 4.79 Å². The van der Waals surface area contributed by atoms with Crippen LogP contribution < -0.4 is 0 Å². The average Bonchev–Trinajstić information content (AvgIpc) is 2.32. The first-order chi connectivity index (χ1) is 5.16. The number of aryl methyl sites for hydroxylation is 1. The highest BCUT2D eigenvalue weighted by molar-refractivity contribution is 5.94. The molecular formula is C9H13NO. The Balaban J connectivity index is 3.04. The Kier molecular flexibility index (Phi) is 2.13. The fourth-order valence-corrected chi connectivity index (χ4v) is 1.07. The van der Waals surface area contributed by atoms with E-state index in [4.69, 9.17) is 0 Å². The number of hydrogen-bond acceptors (Lipinski definition) is 1. The fourth-order valence-electron chi connectivity index (χ4n) is 1.07. The van der Waals surface area contributed by atoms with Crippen molar-refractivity contribution in [2.45, 2.75) is 20.3 Å². The van der Waals surface area contributed by atoms with Crippen molar-refractivity contribution in [3.8, 4) is 0 Å². The second-order valence-electron chi connectivity index (χ2n) is 2.70. The van der Waals surface area contributed by atoms with Gasteiger partial charge in [0.05, 0.1) is 5.69 Å². The van der Waals surface area contributed by atoms with Gasteiger partial charge in [-0.25, -0.2) is 0 Å². The van der Waals surface area contributed by atoms with E-state index in [0.717, 1.165) is 11.4 Å². The number of carbonyl (C=O) groups is 1. The van der Waals surface area contributed by atoms with Gasteiger partial charge in [0.2, 0.25) is 0 Å². The Morgan fingerprint density at radius 1 is 1.55 bits per heavy atom. The van der Waals surface area contributed by atoms with E-state index in [-0.39, 0.29) is 5.78 Å². The summed E-state index contributed by atoms with van der Waals surface area (Å²) in [6.45, 7) is 3.87. The van der Waals surface area contributed by atoms with E-state index in [1.807, 2.05) is 37.6 Å². The van der Waals surface area contributed by atoms with Gasteiger partial charge in [-0.1, -0.05) is 6.92 Å². The minimum atomic E-state index is 0.209. The molecule has 0 amide bonds. The van der Waals surface area contributed by atoms with E-state index < -0.39 is 0 Å². The lowest BCUT2D eigenvalue weighted by atomic mass is 10.2. The molecule has 2 heteroatoms. The minimum absolute atomic E-state index is 0.209. The zero-order valence-electron chi connectivity index (χ0n) is 7.22. The summed E-state index contributed by atoms with van der Waals surface area (Å²) >= 11 is 0. The van der Waals surface area contributed by atoms with Crippen LogP contribution in [0.5, 0.6) is 0 Å². The van der Waals surface area contributed by atoms with E-state index in [1.54, 1.807) is 0 Å². The fraction of sp³-hybridized carbons (Fsp3) is 0.444. The molecule has 0 fully saturated rings. The topological polar surface area (TPSA) is 22.0 Å². The van der Waals surface area contributed by atoms with Crippen molar-refractivity contribution in [1.29, 1.82) is 0 Å². The molecule has 1 aromatic heterocycles. The summed E-state index contributed by atoms with van der Waals surface area (Å²) in [5.41, 5.74) is 1.94. The molecule has 0 aliphatic heterocycles. The van der Waals surface area contributed by atoms with Gasteiger partial charge in [0.15, 0.2) is 5.78 Å². The molecule has 0 spiro atoms. The van der Waals surface area contributed by atoms with Crippen LogP contribution in [0.1, 0.15) is 29.5 Å². The third-order valence-corrected chi connectivity index (χ3v) is 1.98. The van der Waals surface area contributed by atoms with Crippen molar-refractivity contribution in [1.82, 2.24) is 4.57 Å². The van der Waals surface area contributed by atoms with Gasteiger partial charge in [0, 0.05) is 19.2 Å². The Labute approximate surface area is 66.8 Å². The van der Waals surface area contributed by atoms with Gasteiger partial charge >= 0.3 is 0 Å². The lowest BCUT2D eigenvalue weighted by molar-refractivity contribution is 0.0980. The van der Waals surface area contributed by atoms with Crippen molar-refractivity contribution in [2.24, 2.45) is 7.05 Å².